The first-order chi connectivity index (χ1) is 9.13. The van der Waals surface area contributed by atoms with Gasteiger partial charge in [-0.2, -0.15) is 0 Å². The Bertz CT molecular complexity index is 501. The summed E-state index contributed by atoms with van der Waals surface area (Å²) in [6.45, 7) is 0.812. The average molecular weight is 264 g/mol. The lowest BCUT2D eigenvalue weighted by Gasteiger charge is -2.27. The number of hydrogen-bond acceptors (Lipinski definition) is 4. The van der Waals surface area contributed by atoms with Crippen LogP contribution < -0.4 is 14.8 Å². The standard InChI is InChI=1S/C13H16N2O4/c1-18-10-4-3-9(11(7-10)19-2)8-15-6-5-12(16)14-13(15)17/h3-4,7H,5-6,8H2,1-2H3,(H,14,16,17). The van der Waals surface area contributed by atoms with Gasteiger partial charge in [0.25, 0.3) is 0 Å². The second-order valence-corrected chi connectivity index (χ2v) is 4.20. The third kappa shape index (κ3) is 2.96. The maximum Gasteiger partial charge on any atom is 0.324 e. The van der Waals surface area contributed by atoms with E-state index < -0.39 is 0 Å². The summed E-state index contributed by atoms with van der Waals surface area (Å²) in [5, 5.41) is 2.29. The van der Waals surface area contributed by atoms with Gasteiger partial charge in [-0.15, -0.1) is 0 Å². The SMILES string of the molecule is COc1ccc(CN2CCC(=O)NC2=O)c(OC)c1. The molecule has 3 amide bonds. The Morgan fingerprint density at radius 1 is 1.26 bits per heavy atom. The Kier molecular flexibility index (Phi) is 3.89. The van der Waals surface area contributed by atoms with Crippen LogP contribution in [-0.2, 0) is 11.3 Å². The summed E-state index contributed by atoms with van der Waals surface area (Å²) < 4.78 is 10.4. The molecule has 0 bridgehead atoms. The van der Waals surface area contributed by atoms with E-state index in [1.54, 1.807) is 25.2 Å². The number of carbonyl (C=O) groups excluding carboxylic acids is 2. The molecule has 102 valence electrons. The molecule has 0 unspecified atom stereocenters. The quantitative estimate of drug-likeness (QED) is 0.885. The van der Waals surface area contributed by atoms with Gasteiger partial charge in [0.2, 0.25) is 5.91 Å². The monoisotopic (exact) mass is 264 g/mol. The van der Waals surface area contributed by atoms with Gasteiger partial charge in [0.05, 0.1) is 20.8 Å². The molecule has 0 aromatic heterocycles. The van der Waals surface area contributed by atoms with Gasteiger partial charge in [0.15, 0.2) is 0 Å². The van der Waals surface area contributed by atoms with Crippen LogP contribution in [0, 0.1) is 0 Å². The lowest BCUT2D eigenvalue weighted by atomic mass is 10.1. The Balaban J connectivity index is 2.14. The van der Waals surface area contributed by atoms with Crippen LogP contribution in [-0.4, -0.2) is 37.6 Å². The van der Waals surface area contributed by atoms with Crippen molar-refractivity contribution in [2.75, 3.05) is 20.8 Å². The van der Waals surface area contributed by atoms with Crippen molar-refractivity contribution in [1.82, 2.24) is 10.2 Å². The Hall–Kier alpha value is -2.24. The number of imide groups is 1. The molecule has 1 N–H and O–H groups in total. The van der Waals surface area contributed by atoms with Crippen LogP contribution in [0.15, 0.2) is 18.2 Å². The van der Waals surface area contributed by atoms with Crippen molar-refractivity contribution in [2.24, 2.45) is 0 Å². The first kappa shape index (κ1) is 13.2. The molecule has 1 aromatic carbocycles. The summed E-state index contributed by atoms with van der Waals surface area (Å²) in [5.41, 5.74) is 0.868. The summed E-state index contributed by atoms with van der Waals surface area (Å²) >= 11 is 0. The van der Waals surface area contributed by atoms with E-state index in [4.69, 9.17) is 9.47 Å². The lowest BCUT2D eigenvalue weighted by Crippen LogP contribution is -2.48. The highest BCUT2D eigenvalue weighted by Gasteiger charge is 2.23. The Labute approximate surface area is 111 Å². The number of carbonyl (C=O) groups is 2. The van der Waals surface area contributed by atoms with Crippen molar-refractivity contribution in [1.29, 1.82) is 0 Å². The van der Waals surface area contributed by atoms with Crippen LogP contribution in [0.4, 0.5) is 4.79 Å². The predicted octanol–water partition coefficient (Wildman–Crippen LogP) is 1.15. The van der Waals surface area contributed by atoms with Crippen molar-refractivity contribution in [3.05, 3.63) is 23.8 Å². The van der Waals surface area contributed by atoms with E-state index in [9.17, 15) is 9.59 Å². The molecular formula is C13H16N2O4. The zero-order valence-electron chi connectivity index (χ0n) is 10.9. The van der Waals surface area contributed by atoms with Gasteiger partial charge < -0.3 is 14.4 Å². The summed E-state index contributed by atoms with van der Waals surface area (Å²) in [6, 6.07) is 5.06. The van der Waals surface area contributed by atoms with Crippen LogP contribution >= 0.6 is 0 Å². The largest absolute Gasteiger partial charge is 0.497 e. The highest BCUT2D eigenvalue weighted by Crippen LogP contribution is 2.26. The number of urea groups is 1. The number of nitrogens with zero attached hydrogens (tertiary/aromatic N) is 1. The molecule has 1 aliphatic rings. The smallest absolute Gasteiger partial charge is 0.324 e. The minimum Gasteiger partial charge on any atom is -0.497 e. The fourth-order valence-corrected chi connectivity index (χ4v) is 1.94. The molecule has 1 fully saturated rings. The highest BCUT2D eigenvalue weighted by molar-refractivity contribution is 5.96. The van der Waals surface area contributed by atoms with E-state index in [0.29, 0.717) is 31.0 Å². The zero-order valence-corrected chi connectivity index (χ0v) is 10.9. The molecule has 1 aromatic rings. The van der Waals surface area contributed by atoms with E-state index in [1.807, 2.05) is 12.1 Å². The van der Waals surface area contributed by atoms with Gasteiger partial charge in [-0.05, 0) is 12.1 Å². The first-order valence-corrected chi connectivity index (χ1v) is 5.93. The van der Waals surface area contributed by atoms with Crippen molar-refractivity contribution in [3.8, 4) is 11.5 Å². The maximum absolute atomic E-state index is 11.7. The second-order valence-electron chi connectivity index (χ2n) is 4.20. The van der Waals surface area contributed by atoms with E-state index in [0.717, 1.165) is 5.56 Å². The van der Waals surface area contributed by atoms with Gasteiger partial charge in [-0.25, -0.2) is 4.79 Å². The third-order valence-electron chi connectivity index (χ3n) is 3.00. The third-order valence-corrected chi connectivity index (χ3v) is 3.00. The first-order valence-electron chi connectivity index (χ1n) is 5.93. The van der Waals surface area contributed by atoms with Crippen molar-refractivity contribution < 1.29 is 19.1 Å². The van der Waals surface area contributed by atoms with Crippen molar-refractivity contribution >= 4 is 11.9 Å². The predicted molar refractivity (Wildman–Crippen MR) is 68.1 cm³/mol. The van der Waals surface area contributed by atoms with E-state index >= 15 is 0 Å². The van der Waals surface area contributed by atoms with E-state index in [1.165, 1.54) is 0 Å². The van der Waals surface area contributed by atoms with Crippen LogP contribution in [0.2, 0.25) is 0 Å². The molecule has 0 radical (unpaired) electrons. The number of hydrogen-bond donors (Lipinski definition) is 1. The molecule has 1 saturated heterocycles. The lowest BCUT2D eigenvalue weighted by molar-refractivity contribution is -0.121. The molecule has 1 heterocycles. The second kappa shape index (κ2) is 5.60. The number of methoxy groups -OCH3 is 2. The number of amides is 3. The maximum atomic E-state index is 11.7. The van der Waals surface area contributed by atoms with Crippen LogP contribution in [0.3, 0.4) is 0 Å². The van der Waals surface area contributed by atoms with E-state index in [-0.39, 0.29) is 11.9 Å². The number of benzene rings is 1. The molecule has 19 heavy (non-hydrogen) atoms. The van der Waals surface area contributed by atoms with E-state index in [2.05, 4.69) is 5.32 Å². The summed E-state index contributed by atoms with van der Waals surface area (Å²) in [5.74, 6) is 1.12. The number of rotatable bonds is 4. The topological polar surface area (TPSA) is 67.9 Å². The normalized spacial score (nSPS) is 15.2. The summed E-state index contributed by atoms with van der Waals surface area (Å²) in [7, 11) is 3.15. The Morgan fingerprint density at radius 3 is 2.68 bits per heavy atom. The molecule has 0 saturated carbocycles. The minimum absolute atomic E-state index is 0.233. The molecule has 6 nitrogen and oxygen atoms in total. The molecule has 6 heteroatoms. The molecule has 2 rings (SSSR count). The van der Waals surface area contributed by atoms with Gasteiger partial charge in [0, 0.05) is 24.6 Å². The average Bonchev–Trinajstić information content (AvgIpc) is 2.42. The molecule has 0 atom stereocenters. The van der Waals surface area contributed by atoms with Gasteiger partial charge in [-0.3, -0.25) is 10.1 Å². The fraction of sp³-hybridized carbons (Fsp3) is 0.385. The van der Waals surface area contributed by atoms with Gasteiger partial charge in [0.1, 0.15) is 11.5 Å². The fourth-order valence-electron chi connectivity index (χ4n) is 1.94. The van der Waals surface area contributed by atoms with Crippen LogP contribution in [0.5, 0.6) is 11.5 Å². The minimum atomic E-state index is -0.367. The molecular weight excluding hydrogens is 248 g/mol. The summed E-state index contributed by atoms with van der Waals surface area (Å²) in [6.07, 6.45) is 0.324. The van der Waals surface area contributed by atoms with Crippen molar-refractivity contribution in [2.45, 2.75) is 13.0 Å². The molecule has 1 aliphatic heterocycles. The molecule has 0 spiro atoms. The zero-order chi connectivity index (χ0) is 13.8. The molecule has 0 aliphatic carbocycles. The van der Waals surface area contributed by atoms with Crippen LogP contribution in [0.25, 0.3) is 0 Å². The van der Waals surface area contributed by atoms with Gasteiger partial charge in [-0.1, -0.05) is 0 Å². The number of ether oxygens (including phenoxy) is 2. The van der Waals surface area contributed by atoms with Crippen molar-refractivity contribution in [3.63, 3.8) is 0 Å². The number of nitrogens with one attached hydrogen (secondary N) is 1. The highest BCUT2D eigenvalue weighted by atomic mass is 16.5. The van der Waals surface area contributed by atoms with Gasteiger partial charge >= 0.3 is 6.03 Å². The van der Waals surface area contributed by atoms with Crippen LogP contribution in [0.1, 0.15) is 12.0 Å². The Morgan fingerprint density at radius 2 is 2.05 bits per heavy atom. The summed E-state index contributed by atoms with van der Waals surface area (Å²) in [4.78, 5) is 24.3.